The Kier molecular flexibility index (Phi) is 9.26. The monoisotopic (exact) mass is 517 g/mol. The summed E-state index contributed by atoms with van der Waals surface area (Å²) in [5.74, 6) is -1.30. The van der Waals surface area contributed by atoms with Crippen molar-refractivity contribution in [3.8, 4) is 11.8 Å². The van der Waals surface area contributed by atoms with Gasteiger partial charge < -0.3 is 24.3 Å². The third-order valence-electron chi connectivity index (χ3n) is 6.01. The lowest BCUT2D eigenvalue weighted by Gasteiger charge is -2.28. The molecule has 12 heteroatoms. The lowest BCUT2D eigenvalue weighted by atomic mass is 9.95. The zero-order valence-corrected chi connectivity index (χ0v) is 21.0. The average molecular weight is 518 g/mol. The van der Waals surface area contributed by atoms with Crippen LogP contribution in [0.4, 0.5) is 18.0 Å². The Hall–Kier alpha value is -2.76. The summed E-state index contributed by atoms with van der Waals surface area (Å²) in [7, 11) is 1.36. The fourth-order valence-corrected chi connectivity index (χ4v) is 4.35. The molecule has 1 aliphatic heterocycles. The van der Waals surface area contributed by atoms with Gasteiger partial charge in [0.05, 0.1) is 13.2 Å². The van der Waals surface area contributed by atoms with E-state index in [0.29, 0.717) is 50.6 Å². The highest BCUT2D eigenvalue weighted by atomic mass is 19.3. The number of nitrogens with one attached hydrogen (secondary N) is 1. The van der Waals surface area contributed by atoms with Crippen LogP contribution < -0.4 is 14.8 Å². The molecule has 1 atom stereocenters. The summed E-state index contributed by atoms with van der Waals surface area (Å²) in [4.78, 5) is 30.8. The molecular weight excluding hydrogens is 483 g/mol. The predicted octanol–water partition coefficient (Wildman–Crippen LogP) is 4.17. The van der Waals surface area contributed by atoms with Gasteiger partial charge in [0.25, 0.3) is 5.88 Å². The Morgan fingerprint density at radius 1 is 1.14 bits per heavy atom. The van der Waals surface area contributed by atoms with Crippen molar-refractivity contribution in [3.05, 3.63) is 17.4 Å². The van der Waals surface area contributed by atoms with Gasteiger partial charge in [-0.1, -0.05) is 0 Å². The Labute approximate surface area is 208 Å². The van der Waals surface area contributed by atoms with Crippen LogP contribution >= 0.6 is 0 Å². The van der Waals surface area contributed by atoms with Gasteiger partial charge in [-0.25, -0.2) is 9.18 Å². The molecule has 0 unspecified atom stereocenters. The number of ether oxygens (including phenoxy) is 4. The molecule has 1 N–H and O–H groups in total. The van der Waals surface area contributed by atoms with Crippen LogP contribution in [0.3, 0.4) is 0 Å². The van der Waals surface area contributed by atoms with Crippen molar-refractivity contribution >= 4 is 12.0 Å². The number of nitrogens with zero attached hydrogens (tertiary/aromatic N) is 2. The van der Waals surface area contributed by atoms with Crippen molar-refractivity contribution in [3.63, 3.8) is 0 Å². The van der Waals surface area contributed by atoms with E-state index in [0.717, 1.165) is 0 Å². The normalized spacial score (nSPS) is 22.4. The van der Waals surface area contributed by atoms with Crippen molar-refractivity contribution in [2.24, 2.45) is 0 Å². The number of pyridine rings is 1. The van der Waals surface area contributed by atoms with Crippen molar-refractivity contribution < 1.29 is 41.7 Å². The molecule has 202 valence electrons. The molecule has 0 aromatic carbocycles. The number of likely N-dealkylation sites (tertiary alicyclic amines) is 1. The van der Waals surface area contributed by atoms with E-state index in [1.54, 1.807) is 20.8 Å². The first-order valence-corrected chi connectivity index (χ1v) is 12.1. The third-order valence-corrected chi connectivity index (χ3v) is 6.01. The topological polar surface area (TPSA) is 99.2 Å². The van der Waals surface area contributed by atoms with Gasteiger partial charge in [-0.15, -0.1) is 0 Å². The summed E-state index contributed by atoms with van der Waals surface area (Å²) in [6.45, 7) is 2.78. The fourth-order valence-electron chi connectivity index (χ4n) is 4.35. The molecule has 2 amide bonds. The highest BCUT2D eigenvalue weighted by Gasteiger charge is 2.36. The maximum absolute atomic E-state index is 14.8. The molecular formula is C24H34F3N3O6. The lowest BCUT2D eigenvalue weighted by molar-refractivity contribution is -0.173. The Bertz CT molecular complexity index is 919. The number of halogens is 3. The average Bonchev–Trinajstić information content (AvgIpc) is 3.29. The highest BCUT2D eigenvalue weighted by molar-refractivity contribution is 5.86. The van der Waals surface area contributed by atoms with Crippen LogP contribution in [0.5, 0.6) is 11.8 Å². The van der Waals surface area contributed by atoms with Crippen LogP contribution in [0.1, 0.15) is 64.9 Å². The second kappa shape index (κ2) is 12.0. The summed E-state index contributed by atoms with van der Waals surface area (Å²) >= 11 is 0. The Morgan fingerprint density at radius 2 is 1.81 bits per heavy atom. The summed E-state index contributed by atoms with van der Waals surface area (Å²) in [6, 6.07) is 0.489. The van der Waals surface area contributed by atoms with Crippen LogP contribution in [0.15, 0.2) is 6.07 Å². The third kappa shape index (κ3) is 7.62. The van der Waals surface area contributed by atoms with Crippen molar-refractivity contribution in [2.75, 3.05) is 13.7 Å². The maximum atomic E-state index is 14.8. The fraction of sp³-hybridized carbons (Fsp3) is 0.708. The minimum absolute atomic E-state index is 0.0685. The number of alkyl halides is 2. The van der Waals surface area contributed by atoms with E-state index < -0.39 is 36.3 Å². The first-order chi connectivity index (χ1) is 17.0. The molecule has 2 fully saturated rings. The van der Waals surface area contributed by atoms with Gasteiger partial charge >= 0.3 is 12.7 Å². The molecule has 0 spiro atoms. The van der Waals surface area contributed by atoms with Crippen molar-refractivity contribution in [1.29, 1.82) is 0 Å². The molecule has 0 bridgehead atoms. The number of aromatic nitrogens is 1. The van der Waals surface area contributed by atoms with E-state index >= 15 is 0 Å². The zero-order chi connectivity index (χ0) is 26.5. The minimum Gasteiger partial charge on any atom is -0.481 e. The molecule has 1 saturated heterocycles. The molecule has 36 heavy (non-hydrogen) atoms. The van der Waals surface area contributed by atoms with Gasteiger partial charge in [0.1, 0.15) is 17.7 Å². The minimum atomic E-state index is -2.82. The van der Waals surface area contributed by atoms with E-state index in [1.165, 1.54) is 18.1 Å². The van der Waals surface area contributed by atoms with Gasteiger partial charge in [-0.2, -0.15) is 13.8 Å². The summed E-state index contributed by atoms with van der Waals surface area (Å²) in [5.41, 5.74) is -0.383. The van der Waals surface area contributed by atoms with Gasteiger partial charge in [-0.05, 0) is 65.4 Å². The standard InChI is InChI=1S/C24H34F3N3O6/c1-24(2,3)36-23(32)30-11-5-6-18(30)19(31)28-13-14-12-17(25)21(29-20(14)33-4)34-15-7-9-16(10-8-15)35-22(26)27/h12,15-16,18,22H,5-11,13H2,1-4H3,(H,28,31)/t15?,16?,18-/m0/s1. The van der Waals surface area contributed by atoms with E-state index in [2.05, 4.69) is 15.0 Å². The van der Waals surface area contributed by atoms with Crippen LogP contribution in [0, 0.1) is 5.82 Å². The van der Waals surface area contributed by atoms with Gasteiger partial charge in [-0.3, -0.25) is 9.69 Å². The van der Waals surface area contributed by atoms with Crippen LogP contribution in [0.2, 0.25) is 0 Å². The largest absolute Gasteiger partial charge is 0.481 e. The summed E-state index contributed by atoms with van der Waals surface area (Å²) in [5, 5.41) is 2.72. The molecule has 1 aromatic rings. The first kappa shape index (κ1) is 27.8. The molecule has 3 rings (SSSR count). The highest BCUT2D eigenvalue weighted by Crippen LogP contribution is 2.30. The van der Waals surface area contributed by atoms with Crippen LogP contribution in [-0.2, 0) is 20.8 Å². The zero-order valence-electron chi connectivity index (χ0n) is 21.0. The first-order valence-electron chi connectivity index (χ1n) is 12.1. The molecule has 0 radical (unpaired) electrons. The molecule has 1 aromatic heterocycles. The number of rotatable bonds is 8. The van der Waals surface area contributed by atoms with Gasteiger partial charge in [0.2, 0.25) is 11.8 Å². The molecule has 9 nitrogen and oxygen atoms in total. The molecule has 1 saturated carbocycles. The summed E-state index contributed by atoms with van der Waals surface area (Å²) in [6.07, 6.45) is 1.27. The van der Waals surface area contributed by atoms with E-state index in [4.69, 9.17) is 14.2 Å². The van der Waals surface area contributed by atoms with E-state index in [-0.39, 0.29) is 30.3 Å². The van der Waals surface area contributed by atoms with E-state index in [1.807, 2.05) is 0 Å². The number of amides is 2. The molecule has 2 heterocycles. The van der Waals surface area contributed by atoms with Gasteiger partial charge in [0.15, 0.2) is 5.82 Å². The predicted molar refractivity (Wildman–Crippen MR) is 122 cm³/mol. The second-order valence-electron chi connectivity index (χ2n) is 9.91. The SMILES string of the molecule is COc1nc(OC2CCC(OC(F)F)CC2)c(F)cc1CNC(=O)[C@@H]1CCCN1C(=O)OC(C)(C)C. The quantitative estimate of drug-likeness (QED) is 0.553. The molecule has 2 aliphatic rings. The van der Waals surface area contributed by atoms with E-state index in [9.17, 15) is 22.8 Å². The Balaban J connectivity index is 1.58. The summed E-state index contributed by atoms with van der Waals surface area (Å²) < 4.78 is 60.4. The van der Waals surface area contributed by atoms with Crippen molar-refractivity contribution in [1.82, 2.24) is 15.2 Å². The number of carbonyl (C=O) groups is 2. The number of hydrogen-bond acceptors (Lipinski definition) is 7. The number of carbonyl (C=O) groups excluding carboxylic acids is 2. The second-order valence-corrected chi connectivity index (χ2v) is 9.91. The van der Waals surface area contributed by atoms with Crippen LogP contribution in [-0.4, -0.2) is 66.0 Å². The van der Waals surface area contributed by atoms with Gasteiger partial charge in [0, 0.05) is 18.7 Å². The smallest absolute Gasteiger partial charge is 0.410 e. The number of hydrogen-bond donors (Lipinski definition) is 1. The maximum Gasteiger partial charge on any atom is 0.410 e. The molecule has 1 aliphatic carbocycles. The van der Waals surface area contributed by atoms with Crippen molar-refractivity contribution in [2.45, 2.75) is 96.3 Å². The Morgan fingerprint density at radius 3 is 2.42 bits per heavy atom. The lowest BCUT2D eigenvalue weighted by Crippen LogP contribution is -2.47. The number of methoxy groups -OCH3 is 1. The van der Waals surface area contributed by atoms with Crippen LogP contribution in [0.25, 0.3) is 0 Å².